The molecule has 0 aromatic carbocycles. The highest BCUT2D eigenvalue weighted by Crippen LogP contribution is 2.38. The van der Waals surface area contributed by atoms with Crippen LogP contribution in [0, 0.1) is 0 Å². The van der Waals surface area contributed by atoms with Crippen LogP contribution in [0.15, 0.2) is 6.07 Å². The molecule has 96 valence electrons. The summed E-state index contributed by atoms with van der Waals surface area (Å²) in [6, 6.07) is 1.92. The van der Waals surface area contributed by atoms with E-state index in [-0.39, 0.29) is 11.9 Å². The van der Waals surface area contributed by atoms with Crippen molar-refractivity contribution in [3.8, 4) is 0 Å². The van der Waals surface area contributed by atoms with Crippen molar-refractivity contribution in [3.63, 3.8) is 0 Å². The van der Waals surface area contributed by atoms with E-state index in [9.17, 15) is 4.79 Å². The molecule has 1 saturated carbocycles. The van der Waals surface area contributed by atoms with Crippen molar-refractivity contribution < 1.29 is 4.79 Å². The maximum atomic E-state index is 11.1. The van der Waals surface area contributed by atoms with E-state index in [4.69, 9.17) is 11.6 Å². The maximum absolute atomic E-state index is 11.1. The second-order valence-electron chi connectivity index (χ2n) is 4.89. The van der Waals surface area contributed by atoms with Gasteiger partial charge in [-0.25, -0.2) is 9.97 Å². The van der Waals surface area contributed by atoms with Crippen LogP contribution in [0.3, 0.4) is 0 Å². The Morgan fingerprint density at radius 3 is 2.89 bits per heavy atom. The van der Waals surface area contributed by atoms with Crippen molar-refractivity contribution in [1.82, 2.24) is 15.3 Å². The summed E-state index contributed by atoms with van der Waals surface area (Å²) >= 11 is 5.98. The van der Waals surface area contributed by atoms with Gasteiger partial charge in [0, 0.05) is 31.0 Å². The quantitative estimate of drug-likeness (QED) is 0.814. The van der Waals surface area contributed by atoms with Gasteiger partial charge in [-0.05, 0) is 19.3 Å². The molecule has 2 fully saturated rings. The Balaban J connectivity index is 1.63. The minimum atomic E-state index is 0.126. The summed E-state index contributed by atoms with van der Waals surface area (Å²) in [7, 11) is 0. The number of halogens is 1. The van der Waals surface area contributed by atoms with E-state index < -0.39 is 0 Å². The van der Waals surface area contributed by atoms with Gasteiger partial charge in [-0.2, -0.15) is 0 Å². The molecule has 1 saturated heterocycles. The van der Waals surface area contributed by atoms with Crippen molar-refractivity contribution in [2.45, 2.75) is 37.6 Å². The fourth-order valence-corrected chi connectivity index (χ4v) is 2.30. The molecule has 1 aromatic heterocycles. The van der Waals surface area contributed by atoms with E-state index in [0.717, 1.165) is 30.9 Å². The highest BCUT2D eigenvalue weighted by atomic mass is 35.5. The van der Waals surface area contributed by atoms with Gasteiger partial charge in [-0.3, -0.25) is 4.79 Å². The first-order valence-corrected chi connectivity index (χ1v) is 6.66. The molecule has 1 atom stereocenters. The molecule has 1 aliphatic heterocycles. The molecule has 0 bridgehead atoms. The third-order valence-corrected chi connectivity index (χ3v) is 3.46. The van der Waals surface area contributed by atoms with Crippen LogP contribution in [0.1, 0.15) is 37.4 Å². The highest BCUT2D eigenvalue weighted by Gasteiger charge is 2.27. The van der Waals surface area contributed by atoms with E-state index in [1.54, 1.807) is 6.07 Å². The molecule has 0 radical (unpaired) electrons. The third-order valence-electron chi connectivity index (χ3n) is 3.27. The van der Waals surface area contributed by atoms with Crippen LogP contribution in [-0.4, -0.2) is 28.5 Å². The van der Waals surface area contributed by atoms with Gasteiger partial charge in [0.25, 0.3) is 0 Å². The Labute approximate surface area is 110 Å². The molecule has 0 spiro atoms. The minimum Gasteiger partial charge on any atom is -0.368 e. The number of carbonyl (C=O) groups excluding carboxylic acids is 1. The predicted octanol–water partition coefficient (Wildman–Crippen LogP) is 1.70. The molecule has 1 amide bonds. The smallest absolute Gasteiger partial charge is 0.220 e. The van der Waals surface area contributed by atoms with Crippen LogP contribution >= 0.6 is 11.6 Å². The average Bonchev–Trinajstić information content (AvgIpc) is 3.10. The molecule has 5 nitrogen and oxygen atoms in total. The van der Waals surface area contributed by atoms with Gasteiger partial charge in [0.2, 0.25) is 5.91 Å². The molecular formula is C12H15ClN4O. The zero-order chi connectivity index (χ0) is 12.5. The van der Waals surface area contributed by atoms with Crippen LogP contribution in [-0.2, 0) is 4.79 Å². The van der Waals surface area contributed by atoms with Gasteiger partial charge in [0.15, 0.2) is 0 Å². The van der Waals surface area contributed by atoms with Gasteiger partial charge >= 0.3 is 0 Å². The van der Waals surface area contributed by atoms with Gasteiger partial charge in [0.1, 0.15) is 16.8 Å². The van der Waals surface area contributed by atoms with Crippen LogP contribution in [0.25, 0.3) is 0 Å². The Hall–Kier alpha value is -1.36. The average molecular weight is 267 g/mol. The Morgan fingerprint density at radius 1 is 1.39 bits per heavy atom. The molecule has 2 N–H and O–H groups in total. The first-order chi connectivity index (χ1) is 8.70. The Morgan fingerprint density at radius 2 is 2.22 bits per heavy atom. The summed E-state index contributed by atoms with van der Waals surface area (Å²) < 4.78 is 0. The van der Waals surface area contributed by atoms with E-state index in [2.05, 4.69) is 20.6 Å². The van der Waals surface area contributed by atoms with Crippen molar-refractivity contribution in [2.75, 3.05) is 11.9 Å². The SMILES string of the molecule is O=C1CCC(CNc2cc(Cl)nc(C3CC3)n2)N1. The monoisotopic (exact) mass is 266 g/mol. The summed E-state index contributed by atoms with van der Waals surface area (Å²) in [4.78, 5) is 19.8. The lowest BCUT2D eigenvalue weighted by Crippen LogP contribution is -2.32. The lowest BCUT2D eigenvalue weighted by molar-refractivity contribution is -0.119. The van der Waals surface area contributed by atoms with Crippen molar-refractivity contribution in [2.24, 2.45) is 0 Å². The lowest BCUT2D eigenvalue weighted by Gasteiger charge is -2.12. The van der Waals surface area contributed by atoms with Gasteiger partial charge in [-0.15, -0.1) is 0 Å². The third kappa shape index (κ3) is 2.72. The normalized spacial score (nSPS) is 22.9. The molecule has 6 heteroatoms. The van der Waals surface area contributed by atoms with Crippen molar-refractivity contribution >= 4 is 23.3 Å². The number of anilines is 1. The molecular weight excluding hydrogens is 252 g/mol. The highest BCUT2D eigenvalue weighted by molar-refractivity contribution is 6.29. The van der Waals surface area contributed by atoms with Crippen molar-refractivity contribution in [1.29, 1.82) is 0 Å². The standard InChI is InChI=1S/C12H15ClN4O/c13-9-5-10(17-12(16-9)7-1-2-7)14-6-8-3-4-11(18)15-8/h5,7-8H,1-4,6H2,(H,15,18)(H,14,16,17). The molecule has 2 aliphatic rings. The summed E-state index contributed by atoms with van der Waals surface area (Å²) in [5.74, 6) is 2.19. The molecule has 1 aliphatic carbocycles. The minimum absolute atomic E-state index is 0.126. The number of amides is 1. The fourth-order valence-electron chi connectivity index (χ4n) is 2.11. The largest absolute Gasteiger partial charge is 0.368 e. The molecule has 1 aromatic rings. The first kappa shape index (κ1) is 11.7. The topological polar surface area (TPSA) is 66.9 Å². The zero-order valence-corrected chi connectivity index (χ0v) is 10.7. The molecule has 18 heavy (non-hydrogen) atoms. The van der Waals surface area contributed by atoms with E-state index in [1.807, 2.05) is 0 Å². The predicted molar refractivity (Wildman–Crippen MR) is 68.7 cm³/mol. The molecule has 1 unspecified atom stereocenters. The van der Waals surface area contributed by atoms with Gasteiger partial charge in [-0.1, -0.05) is 11.6 Å². The summed E-state index contributed by atoms with van der Waals surface area (Å²) in [6.07, 6.45) is 3.79. The number of rotatable bonds is 4. The summed E-state index contributed by atoms with van der Waals surface area (Å²) in [6.45, 7) is 0.684. The maximum Gasteiger partial charge on any atom is 0.220 e. The number of nitrogens with one attached hydrogen (secondary N) is 2. The summed E-state index contributed by atoms with van der Waals surface area (Å²) in [5, 5.41) is 6.61. The van der Waals surface area contributed by atoms with Crippen LogP contribution in [0.5, 0.6) is 0 Å². The number of hydrogen-bond donors (Lipinski definition) is 2. The summed E-state index contributed by atoms with van der Waals surface area (Å²) in [5.41, 5.74) is 0. The van der Waals surface area contributed by atoms with E-state index >= 15 is 0 Å². The number of hydrogen-bond acceptors (Lipinski definition) is 4. The second kappa shape index (κ2) is 4.72. The van der Waals surface area contributed by atoms with Crippen LogP contribution in [0.4, 0.5) is 5.82 Å². The Bertz CT molecular complexity index is 475. The number of nitrogens with zero attached hydrogens (tertiary/aromatic N) is 2. The number of aromatic nitrogens is 2. The van der Waals surface area contributed by atoms with Crippen molar-refractivity contribution in [3.05, 3.63) is 17.0 Å². The van der Waals surface area contributed by atoms with Gasteiger partial charge in [0.05, 0.1) is 0 Å². The molecule has 2 heterocycles. The van der Waals surface area contributed by atoms with Crippen LogP contribution < -0.4 is 10.6 Å². The molecule has 3 rings (SSSR count). The van der Waals surface area contributed by atoms with Crippen LogP contribution in [0.2, 0.25) is 5.15 Å². The van der Waals surface area contributed by atoms with Gasteiger partial charge < -0.3 is 10.6 Å². The zero-order valence-electron chi connectivity index (χ0n) is 9.95. The first-order valence-electron chi connectivity index (χ1n) is 6.28. The number of carbonyl (C=O) groups is 1. The fraction of sp³-hybridized carbons (Fsp3) is 0.583. The van der Waals surface area contributed by atoms with E-state index in [1.165, 1.54) is 0 Å². The lowest BCUT2D eigenvalue weighted by atomic mass is 10.2. The Kier molecular flexibility index (Phi) is 3.07. The van der Waals surface area contributed by atoms with E-state index in [0.29, 0.717) is 24.0 Å². The second-order valence-corrected chi connectivity index (χ2v) is 5.28.